The number of guanidine groups is 1. The first-order valence-corrected chi connectivity index (χ1v) is 8.46. The largest absolute Gasteiger partial charge is 0.396 e. The molecule has 0 saturated heterocycles. The lowest BCUT2D eigenvalue weighted by Gasteiger charge is -2.18. The topological polar surface area (TPSA) is 56.7 Å². The second-order valence-corrected chi connectivity index (χ2v) is 5.85. The maximum absolute atomic E-state index is 9.66. The fraction of sp³-hybridized carbons (Fsp3) is 0.350. The fourth-order valence-electron chi connectivity index (χ4n) is 2.44. The minimum atomic E-state index is 0. The minimum Gasteiger partial charge on any atom is -0.396 e. The van der Waals surface area contributed by atoms with Gasteiger partial charge in [0.2, 0.25) is 0 Å². The van der Waals surface area contributed by atoms with Crippen molar-refractivity contribution in [2.24, 2.45) is 4.99 Å². The number of nitrogens with zero attached hydrogens (tertiary/aromatic N) is 1. The van der Waals surface area contributed by atoms with Gasteiger partial charge in [-0.2, -0.15) is 0 Å². The van der Waals surface area contributed by atoms with Gasteiger partial charge in [-0.15, -0.1) is 24.0 Å². The van der Waals surface area contributed by atoms with Gasteiger partial charge in [-0.05, 0) is 25.0 Å². The van der Waals surface area contributed by atoms with Gasteiger partial charge in [0.05, 0.1) is 13.2 Å². The van der Waals surface area contributed by atoms with E-state index in [0.29, 0.717) is 13.1 Å². The van der Waals surface area contributed by atoms with Crippen LogP contribution in [0.15, 0.2) is 59.6 Å². The van der Waals surface area contributed by atoms with Gasteiger partial charge in [-0.25, -0.2) is 4.99 Å². The van der Waals surface area contributed by atoms with E-state index in [-0.39, 0.29) is 36.5 Å². The molecule has 0 aliphatic carbocycles. The van der Waals surface area contributed by atoms with Gasteiger partial charge in [0, 0.05) is 19.0 Å². The Labute approximate surface area is 167 Å². The van der Waals surface area contributed by atoms with E-state index in [1.807, 2.05) is 37.3 Å². The number of benzene rings is 2. The number of aliphatic imine (C=N–C) groups is 1. The Balaban J connectivity index is 0.00000312. The molecule has 0 amide bonds. The second-order valence-electron chi connectivity index (χ2n) is 5.85. The summed E-state index contributed by atoms with van der Waals surface area (Å²) < 4.78 is 0. The fourth-order valence-corrected chi connectivity index (χ4v) is 2.44. The van der Waals surface area contributed by atoms with E-state index in [9.17, 15) is 5.11 Å². The molecule has 1 atom stereocenters. The molecule has 5 heteroatoms. The molecule has 136 valence electrons. The van der Waals surface area contributed by atoms with Crippen molar-refractivity contribution >= 4 is 29.9 Å². The highest BCUT2D eigenvalue weighted by Gasteiger charge is 2.10. The monoisotopic (exact) mass is 453 g/mol. The number of hydrogen-bond donors (Lipinski definition) is 3. The number of rotatable bonds is 7. The molecule has 2 aromatic carbocycles. The molecule has 1 unspecified atom stereocenters. The smallest absolute Gasteiger partial charge is 0.191 e. The van der Waals surface area contributed by atoms with Gasteiger partial charge in [0.15, 0.2) is 5.96 Å². The van der Waals surface area contributed by atoms with Crippen LogP contribution >= 0.6 is 24.0 Å². The van der Waals surface area contributed by atoms with Crippen LogP contribution in [0, 0.1) is 6.92 Å². The lowest BCUT2D eigenvalue weighted by Crippen LogP contribution is -2.39. The number of halogens is 1. The summed E-state index contributed by atoms with van der Waals surface area (Å²) in [6.07, 6.45) is 0. The van der Waals surface area contributed by atoms with E-state index < -0.39 is 0 Å². The van der Waals surface area contributed by atoms with Crippen molar-refractivity contribution in [3.63, 3.8) is 0 Å². The van der Waals surface area contributed by atoms with Crippen molar-refractivity contribution in [2.75, 3.05) is 19.7 Å². The van der Waals surface area contributed by atoms with Gasteiger partial charge in [-0.3, -0.25) is 0 Å². The normalized spacial score (nSPS) is 12.2. The number of aliphatic hydroxyl groups is 1. The lowest BCUT2D eigenvalue weighted by atomic mass is 10.0. The molecule has 0 spiro atoms. The molecule has 0 saturated carbocycles. The molecule has 0 radical (unpaired) electrons. The van der Waals surface area contributed by atoms with Crippen LogP contribution in [-0.4, -0.2) is 30.8 Å². The first-order valence-electron chi connectivity index (χ1n) is 8.46. The Morgan fingerprint density at radius 2 is 1.72 bits per heavy atom. The number of aliphatic hydroxyl groups excluding tert-OH is 1. The van der Waals surface area contributed by atoms with Crippen molar-refractivity contribution < 1.29 is 5.11 Å². The molecule has 0 aromatic heterocycles. The average Bonchev–Trinajstić information content (AvgIpc) is 2.62. The summed E-state index contributed by atoms with van der Waals surface area (Å²) >= 11 is 0. The molecular weight excluding hydrogens is 425 g/mol. The summed E-state index contributed by atoms with van der Waals surface area (Å²) in [5.74, 6) is 0.821. The number of aryl methyl sites for hydroxylation is 1. The van der Waals surface area contributed by atoms with Crippen LogP contribution < -0.4 is 10.6 Å². The van der Waals surface area contributed by atoms with E-state index in [1.165, 1.54) is 11.1 Å². The maximum atomic E-state index is 9.66. The Kier molecular flexibility index (Phi) is 10.2. The zero-order valence-corrected chi connectivity index (χ0v) is 17.2. The molecule has 0 aliphatic rings. The van der Waals surface area contributed by atoms with Crippen molar-refractivity contribution in [3.05, 3.63) is 71.3 Å². The SMILES string of the molecule is CCNC(=NCc1ccc(C)cc1)NCC(CO)c1ccccc1.I. The molecular formula is C20H28IN3O. The van der Waals surface area contributed by atoms with Crippen LogP contribution in [0.3, 0.4) is 0 Å². The van der Waals surface area contributed by atoms with E-state index in [4.69, 9.17) is 0 Å². The molecule has 2 rings (SSSR count). The summed E-state index contributed by atoms with van der Waals surface area (Å²) in [7, 11) is 0. The third-order valence-corrected chi connectivity index (χ3v) is 3.89. The van der Waals surface area contributed by atoms with E-state index in [1.54, 1.807) is 0 Å². The summed E-state index contributed by atoms with van der Waals surface area (Å²) in [6, 6.07) is 18.5. The molecule has 0 aliphatic heterocycles. The maximum Gasteiger partial charge on any atom is 0.191 e. The first kappa shape index (κ1) is 21.4. The third-order valence-electron chi connectivity index (χ3n) is 3.89. The van der Waals surface area contributed by atoms with E-state index in [0.717, 1.165) is 18.1 Å². The van der Waals surface area contributed by atoms with Crippen LogP contribution in [0.25, 0.3) is 0 Å². The van der Waals surface area contributed by atoms with Crippen LogP contribution in [-0.2, 0) is 6.54 Å². The number of hydrogen-bond acceptors (Lipinski definition) is 2. The zero-order valence-electron chi connectivity index (χ0n) is 14.9. The molecule has 2 aromatic rings. The van der Waals surface area contributed by atoms with E-state index in [2.05, 4.69) is 46.8 Å². The predicted molar refractivity (Wildman–Crippen MR) is 116 cm³/mol. The Bertz CT molecular complexity index is 629. The van der Waals surface area contributed by atoms with Crippen LogP contribution in [0.2, 0.25) is 0 Å². The second kappa shape index (κ2) is 11.9. The van der Waals surface area contributed by atoms with Crippen molar-refractivity contribution in [3.8, 4) is 0 Å². The summed E-state index contributed by atoms with van der Waals surface area (Å²) in [5.41, 5.74) is 3.56. The summed E-state index contributed by atoms with van der Waals surface area (Å²) in [6.45, 7) is 6.30. The zero-order chi connectivity index (χ0) is 17.2. The first-order chi connectivity index (χ1) is 11.7. The van der Waals surface area contributed by atoms with Gasteiger partial charge in [0.1, 0.15) is 0 Å². The highest BCUT2D eigenvalue weighted by molar-refractivity contribution is 14.0. The van der Waals surface area contributed by atoms with Crippen molar-refractivity contribution in [2.45, 2.75) is 26.3 Å². The Hall–Kier alpha value is -1.60. The Morgan fingerprint density at radius 1 is 1.04 bits per heavy atom. The Morgan fingerprint density at radius 3 is 2.32 bits per heavy atom. The van der Waals surface area contributed by atoms with Crippen molar-refractivity contribution in [1.29, 1.82) is 0 Å². The van der Waals surface area contributed by atoms with Crippen LogP contribution in [0.1, 0.15) is 29.5 Å². The van der Waals surface area contributed by atoms with E-state index >= 15 is 0 Å². The predicted octanol–water partition coefficient (Wildman–Crippen LogP) is 3.44. The molecule has 0 fully saturated rings. The standard InChI is InChI=1S/C20H27N3O.HI/c1-3-21-20(22-13-17-11-9-16(2)10-12-17)23-14-19(15-24)18-7-5-4-6-8-18;/h4-12,19,24H,3,13-15H2,1-2H3,(H2,21,22,23);1H. The highest BCUT2D eigenvalue weighted by atomic mass is 127. The van der Waals surface area contributed by atoms with Gasteiger partial charge >= 0.3 is 0 Å². The minimum absolute atomic E-state index is 0. The lowest BCUT2D eigenvalue weighted by molar-refractivity contribution is 0.265. The number of nitrogens with one attached hydrogen (secondary N) is 2. The summed E-state index contributed by atoms with van der Waals surface area (Å²) in [4.78, 5) is 4.63. The summed E-state index contributed by atoms with van der Waals surface area (Å²) in [5, 5.41) is 16.2. The quantitative estimate of drug-likeness (QED) is 0.342. The van der Waals surface area contributed by atoms with Gasteiger partial charge < -0.3 is 15.7 Å². The molecule has 0 bridgehead atoms. The molecule has 0 heterocycles. The average molecular weight is 453 g/mol. The molecule has 25 heavy (non-hydrogen) atoms. The van der Waals surface area contributed by atoms with Crippen LogP contribution in [0.5, 0.6) is 0 Å². The molecule has 3 N–H and O–H groups in total. The van der Waals surface area contributed by atoms with Gasteiger partial charge in [-0.1, -0.05) is 60.2 Å². The van der Waals surface area contributed by atoms with Gasteiger partial charge in [0.25, 0.3) is 0 Å². The highest BCUT2D eigenvalue weighted by Crippen LogP contribution is 2.13. The molecule has 4 nitrogen and oxygen atoms in total. The van der Waals surface area contributed by atoms with Crippen molar-refractivity contribution in [1.82, 2.24) is 10.6 Å². The third kappa shape index (κ3) is 7.44. The van der Waals surface area contributed by atoms with Crippen LogP contribution in [0.4, 0.5) is 0 Å².